The molecule has 3 N–H and O–H groups in total. The Bertz CT molecular complexity index is 513. The minimum Gasteiger partial charge on any atom is -0.399 e. The maximum absolute atomic E-state index is 11.3. The van der Waals surface area contributed by atoms with Gasteiger partial charge in [0.2, 0.25) is 5.91 Å². The van der Waals surface area contributed by atoms with Gasteiger partial charge < -0.3 is 11.1 Å². The number of nitrogens with two attached hydrogens (primary N) is 1. The van der Waals surface area contributed by atoms with Crippen molar-refractivity contribution >= 4 is 38.7 Å². The lowest BCUT2D eigenvalue weighted by atomic mass is 10.3. The molecule has 0 aromatic heterocycles. The second-order valence-corrected chi connectivity index (χ2v) is 5.90. The Kier molecular flexibility index (Phi) is 3.77. The zero-order valence-electron chi connectivity index (χ0n) is 8.53. The van der Waals surface area contributed by atoms with Gasteiger partial charge >= 0.3 is 0 Å². The normalized spacial score (nSPS) is 11.1. The Balaban J connectivity index is 2.81. The number of hydrogen-bond donors (Lipinski definition) is 2. The predicted molar refractivity (Wildman–Crippen MR) is 64.2 cm³/mol. The molecular formula is C9H11ClN2O3S. The van der Waals surface area contributed by atoms with Gasteiger partial charge in [-0.15, -0.1) is 0 Å². The van der Waals surface area contributed by atoms with E-state index in [9.17, 15) is 13.2 Å². The van der Waals surface area contributed by atoms with Crippen LogP contribution in [0, 0.1) is 0 Å². The molecule has 0 aliphatic carbocycles. The molecule has 5 nitrogen and oxygen atoms in total. The van der Waals surface area contributed by atoms with E-state index in [1.54, 1.807) is 6.07 Å². The first-order chi connectivity index (χ1) is 7.28. The fourth-order valence-corrected chi connectivity index (χ4v) is 1.78. The first-order valence-electron chi connectivity index (χ1n) is 4.30. The molecular weight excluding hydrogens is 252 g/mol. The van der Waals surface area contributed by atoms with Crippen LogP contribution in [-0.4, -0.2) is 26.3 Å². The van der Waals surface area contributed by atoms with Gasteiger partial charge in [-0.05, 0) is 18.2 Å². The maximum Gasteiger partial charge on any atom is 0.239 e. The van der Waals surface area contributed by atoms with E-state index in [-0.39, 0.29) is 0 Å². The summed E-state index contributed by atoms with van der Waals surface area (Å²) in [5, 5.41) is 2.68. The van der Waals surface area contributed by atoms with Crippen molar-refractivity contribution in [3.05, 3.63) is 23.2 Å². The SMILES string of the molecule is CS(=O)(=O)CC(=O)Nc1cc(N)ccc1Cl. The van der Waals surface area contributed by atoms with Gasteiger partial charge in [-0.2, -0.15) is 0 Å². The Morgan fingerprint density at radius 1 is 1.50 bits per heavy atom. The number of hydrogen-bond acceptors (Lipinski definition) is 4. The second kappa shape index (κ2) is 4.71. The molecule has 16 heavy (non-hydrogen) atoms. The third-order valence-corrected chi connectivity index (χ3v) is 2.77. The number of rotatable bonds is 3. The Morgan fingerprint density at radius 2 is 2.12 bits per heavy atom. The number of carbonyl (C=O) groups is 1. The van der Waals surface area contributed by atoms with Gasteiger partial charge in [0.25, 0.3) is 0 Å². The first kappa shape index (κ1) is 12.8. The number of sulfone groups is 1. The third-order valence-electron chi connectivity index (χ3n) is 1.66. The summed E-state index contributed by atoms with van der Waals surface area (Å²) in [6.45, 7) is 0. The van der Waals surface area contributed by atoms with Crippen molar-refractivity contribution in [3.63, 3.8) is 0 Å². The van der Waals surface area contributed by atoms with Crippen molar-refractivity contribution in [2.75, 3.05) is 23.1 Å². The first-order valence-corrected chi connectivity index (χ1v) is 6.74. The van der Waals surface area contributed by atoms with Crippen LogP contribution < -0.4 is 11.1 Å². The molecule has 0 heterocycles. The van der Waals surface area contributed by atoms with Crippen molar-refractivity contribution in [3.8, 4) is 0 Å². The molecule has 1 aromatic rings. The van der Waals surface area contributed by atoms with Crippen molar-refractivity contribution in [2.45, 2.75) is 0 Å². The molecule has 1 amide bonds. The van der Waals surface area contributed by atoms with Crippen LogP contribution in [0.15, 0.2) is 18.2 Å². The van der Waals surface area contributed by atoms with Gasteiger partial charge in [0.05, 0.1) is 10.7 Å². The summed E-state index contributed by atoms with van der Waals surface area (Å²) in [5.41, 5.74) is 6.23. The molecule has 0 saturated heterocycles. The number of benzene rings is 1. The van der Waals surface area contributed by atoms with Crippen LogP contribution in [0.25, 0.3) is 0 Å². The summed E-state index contributed by atoms with van der Waals surface area (Å²) in [6.07, 6.45) is 0.980. The maximum atomic E-state index is 11.3. The highest BCUT2D eigenvalue weighted by atomic mass is 35.5. The van der Waals surface area contributed by atoms with E-state index >= 15 is 0 Å². The van der Waals surface area contributed by atoms with Gasteiger partial charge in [0, 0.05) is 11.9 Å². The summed E-state index contributed by atoms with van der Waals surface area (Å²) in [5.74, 6) is -1.23. The van der Waals surface area contributed by atoms with E-state index in [2.05, 4.69) is 5.32 Å². The van der Waals surface area contributed by atoms with Crippen molar-refractivity contribution in [2.24, 2.45) is 0 Å². The van der Waals surface area contributed by atoms with Crippen molar-refractivity contribution in [1.82, 2.24) is 0 Å². The van der Waals surface area contributed by atoms with Gasteiger partial charge in [0.15, 0.2) is 9.84 Å². The summed E-state index contributed by atoms with van der Waals surface area (Å²) in [4.78, 5) is 11.3. The van der Waals surface area contributed by atoms with Crippen LogP contribution in [0.3, 0.4) is 0 Å². The van der Waals surface area contributed by atoms with Crippen LogP contribution in [0.5, 0.6) is 0 Å². The van der Waals surface area contributed by atoms with E-state index in [1.807, 2.05) is 0 Å². The zero-order valence-corrected chi connectivity index (χ0v) is 10.1. The molecule has 7 heteroatoms. The lowest BCUT2D eigenvalue weighted by molar-refractivity contribution is -0.113. The largest absolute Gasteiger partial charge is 0.399 e. The van der Waals surface area contributed by atoms with E-state index in [0.29, 0.717) is 16.4 Å². The monoisotopic (exact) mass is 262 g/mol. The Morgan fingerprint density at radius 3 is 2.69 bits per heavy atom. The quantitative estimate of drug-likeness (QED) is 0.792. The number of nitrogens with one attached hydrogen (secondary N) is 1. The van der Waals surface area contributed by atoms with E-state index < -0.39 is 21.5 Å². The van der Waals surface area contributed by atoms with Crippen LogP contribution in [-0.2, 0) is 14.6 Å². The Hall–Kier alpha value is -1.27. The average Bonchev–Trinajstić information content (AvgIpc) is 2.08. The highest BCUT2D eigenvalue weighted by molar-refractivity contribution is 7.91. The molecule has 0 bridgehead atoms. The minimum absolute atomic E-state index is 0.301. The molecule has 0 radical (unpaired) electrons. The van der Waals surface area contributed by atoms with Gasteiger partial charge in [-0.3, -0.25) is 4.79 Å². The topological polar surface area (TPSA) is 89.3 Å². The van der Waals surface area contributed by atoms with Crippen LogP contribution >= 0.6 is 11.6 Å². The standard InChI is InChI=1S/C9H11ClN2O3S/c1-16(14,15)5-9(13)12-8-4-6(11)2-3-7(8)10/h2-4H,5,11H2,1H3,(H,12,13). The summed E-state index contributed by atoms with van der Waals surface area (Å²) < 4.78 is 21.7. The molecule has 0 saturated carbocycles. The van der Waals surface area contributed by atoms with Gasteiger partial charge in [-0.25, -0.2) is 8.42 Å². The molecule has 88 valence electrons. The van der Waals surface area contributed by atoms with E-state index in [0.717, 1.165) is 6.26 Å². The fourth-order valence-electron chi connectivity index (χ4n) is 1.06. The van der Waals surface area contributed by atoms with Crippen LogP contribution in [0.4, 0.5) is 11.4 Å². The minimum atomic E-state index is -3.35. The number of halogens is 1. The Labute approximate surface area is 98.5 Å². The number of nitrogen functional groups attached to an aromatic ring is 1. The van der Waals surface area contributed by atoms with Gasteiger partial charge in [0.1, 0.15) is 5.75 Å². The summed E-state index contributed by atoms with van der Waals surface area (Å²) >= 11 is 5.79. The molecule has 0 aliphatic heterocycles. The molecule has 0 atom stereocenters. The van der Waals surface area contributed by atoms with E-state index in [1.165, 1.54) is 12.1 Å². The summed E-state index contributed by atoms with van der Waals surface area (Å²) in [7, 11) is -3.35. The lowest BCUT2D eigenvalue weighted by Gasteiger charge is -2.07. The number of amides is 1. The average molecular weight is 263 g/mol. The second-order valence-electron chi connectivity index (χ2n) is 3.36. The fraction of sp³-hybridized carbons (Fsp3) is 0.222. The lowest BCUT2D eigenvalue weighted by Crippen LogP contribution is -2.22. The van der Waals surface area contributed by atoms with Crippen molar-refractivity contribution in [1.29, 1.82) is 0 Å². The molecule has 0 spiro atoms. The zero-order chi connectivity index (χ0) is 12.3. The number of anilines is 2. The van der Waals surface area contributed by atoms with Crippen LogP contribution in [0.2, 0.25) is 5.02 Å². The highest BCUT2D eigenvalue weighted by Crippen LogP contribution is 2.23. The number of carbonyl (C=O) groups excluding carboxylic acids is 1. The highest BCUT2D eigenvalue weighted by Gasteiger charge is 2.12. The van der Waals surface area contributed by atoms with Crippen LogP contribution in [0.1, 0.15) is 0 Å². The molecule has 0 aliphatic rings. The molecule has 1 aromatic carbocycles. The third kappa shape index (κ3) is 4.08. The summed E-state index contributed by atoms with van der Waals surface area (Å²) in [6, 6.07) is 4.56. The molecule has 0 fully saturated rings. The predicted octanol–water partition coefficient (Wildman–Crippen LogP) is 0.905. The smallest absolute Gasteiger partial charge is 0.239 e. The van der Waals surface area contributed by atoms with Crippen molar-refractivity contribution < 1.29 is 13.2 Å². The molecule has 0 unspecified atom stereocenters. The van der Waals surface area contributed by atoms with E-state index in [4.69, 9.17) is 17.3 Å². The van der Waals surface area contributed by atoms with Gasteiger partial charge in [-0.1, -0.05) is 11.6 Å². The molecule has 1 rings (SSSR count).